The minimum atomic E-state index is -1.21. The van der Waals surface area contributed by atoms with E-state index in [1.165, 1.54) is 7.11 Å². The average Bonchev–Trinajstić information content (AvgIpc) is 3.80. The molecule has 0 aromatic carbocycles. The molecule has 1 saturated heterocycles. The monoisotopic (exact) mass is 704 g/mol. The van der Waals surface area contributed by atoms with Crippen LogP contribution in [0.15, 0.2) is 40.4 Å². The number of carbonyl (C=O) groups is 2. The van der Waals surface area contributed by atoms with E-state index in [1.54, 1.807) is 6.92 Å². The Morgan fingerprint density at radius 2 is 1.78 bits per heavy atom. The van der Waals surface area contributed by atoms with Crippen LogP contribution in [0.25, 0.3) is 28.4 Å². The van der Waals surface area contributed by atoms with Crippen molar-refractivity contribution in [2.45, 2.75) is 92.9 Å². The van der Waals surface area contributed by atoms with Gasteiger partial charge >= 0.3 is 35.0 Å². The molecule has 2 aromatic heterocycles. The second-order valence-corrected chi connectivity index (χ2v) is 14.3. The van der Waals surface area contributed by atoms with Crippen molar-refractivity contribution in [3.63, 3.8) is 0 Å². The summed E-state index contributed by atoms with van der Waals surface area (Å²) >= 11 is 0. The number of aliphatic hydroxyl groups excluding tert-OH is 2. The van der Waals surface area contributed by atoms with Crippen molar-refractivity contribution < 1.29 is 29.3 Å². The molecule has 2 aromatic rings. The van der Waals surface area contributed by atoms with Gasteiger partial charge in [-0.05, 0) is 82.9 Å². The molecule has 0 radical (unpaired) electrons. The van der Waals surface area contributed by atoms with Gasteiger partial charge < -0.3 is 40.3 Å². The van der Waals surface area contributed by atoms with Gasteiger partial charge in [-0.15, -0.1) is 33.9 Å². The van der Waals surface area contributed by atoms with E-state index in [0.29, 0.717) is 51.1 Å². The van der Waals surface area contributed by atoms with Crippen LogP contribution in [-0.4, -0.2) is 65.0 Å². The SMILES string of the molecule is CC[C@@H]1C(C)=C2/C=C3\[N-]/C(=C4\c5[n-]c(c(C)c5[C@H](O)[C@@H]4C(=O)OC)/C=c4\[n-]/c(c(C)c4[C@@H](C)O)=C\C1[N-]2)[C@@H](CCC(=O)OCC=C(C)C)[C@@H]3C.[Mg+2]. The summed E-state index contributed by atoms with van der Waals surface area (Å²) in [5.41, 5.74) is 8.95. The second kappa shape index (κ2) is 15.2. The summed E-state index contributed by atoms with van der Waals surface area (Å²) in [6.45, 7) is 16.0. The first-order valence-corrected chi connectivity index (χ1v) is 17.6. The third-order valence-electron chi connectivity index (χ3n) is 11.0. The van der Waals surface area contributed by atoms with E-state index in [0.717, 1.165) is 39.9 Å². The van der Waals surface area contributed by atoms with Gasteiger partial charge in [0.25, 0.3) is 0 Å². The van der Waals surface area contributed by atoms with Crippen LogP contribution in [0, 0.1) is 37.5 Å². The number of aromatic nitrogens is 2. The number of ether oxygens (including phenoxy) is 2. The molecule has 6 rings (SSSR count). The van der Waals surface area contributed by atoms with Crippen molar-refractivity contribution >= 4 is 52.7 Å². The predicted molar refractivity (Wildman–Crippen MR) is 197 cm³/mol. The van der Waals surface area contributed by atoms with Crippen molar-refractivity contribution in [2.75, 3.05) is 13.7 Å². The number of esters is 2. The third-order valence-corrected chi connectivity index (χ3v) is 11.0. The normalized spacial score (nSPS) is 29.0. The summed E-state index contributed by atoms with van der Waals surface area (Å²) in [6, 6.07) is -0.147. The summed E-state index contributed by atoms with van der Waals surface area (Å²) < 4.78 is 10.7. The molecule has 1 unspecified atom stereocenters. The van der Waals surface area contributed by atoms with Gasteiger partial charge in [-0.25, -0.2) is 0 Å². The molecular weight excluding hydrogens is 657 g/mol. The van der Waals surface area contributed by atoms with Crippen LogP contribution < -0.4 is 20.7 Å². The number of fused-ring (bicyclic) bond motifs is 7. The van der Waals surface area contributed by atoms with Crippen LogP contribution in [0.3, 0.4) is 0 Å². The predicted octanol–water partition coefficient (Wildman–Crippen LogP) is 4.93. The molecule has 7 atom stereocenters. The molecule has 0 saturated carbocycles. The molecule has 4 aliphatic rings. The zero-order valence-corrected chi connectivity index (χ0v) is 32.6. The van der Waals surface area contributed by atoms with E-state index < -0.39 is 24.1 Å². The van der Waals surface area contributed by atoms with Gasteiger partial charge in [0.2, 0.25) is 0 Å². The van der Waals surface area contributed by atoms with Crippen LogP contribution in [0.2, 0.25) is 0 Å². The first-order valence-electron chi connectivity index (χ1n) is 17.6. The molecule has 3 aliphatic heterocycles. The fourth-order valence-electron chi connectivity index (χ4n) is 8.12. The number of nitrogens with zero attached hydrogens (tertiary/aromatic N) is 4. The van der Waals surface area contributed by atoms with Crippen molar-refractivity contribution in [2.24, 2.45) is 23.7 Å². The molecule has 1 fully saturated rings. The molecule has 0 amide bonds. The van der Waals surface area contributed by atoms with Crippen LogP contribution >= 0.6 is 0 Å². The zero-order chi connectivity index (χ0) is 36.2. The maximum Gasteiger partial charge on any atom is 2.00 e. The van der Waals surface area contributed by atoms with Gasteiger partial charge in [0.05, 0.1) is 19.3 Å². The number of methoxy groups -OCH3 is 1. The first kappa shape index (κ1) is 38.7. The summed E-state index contributed by atoms with van der Waals surface area (Å²) in [5, 5.41) is 34.5. The molecule has 8 bridgehead atoms. The van der Waals surface area contributed by atoms with Crippen LogP contribution in [0.4, 0.5) is 0 Å². The number of allylic oxidation sites excluding steroid dienone is 4. The minimum absolute atomic E-state index is 0. The number of carbonyl (C=O) groups excluding carboxylic acids is 2. The van der Waals surface area contributed by atoms with E-state index in [-0.39, 0.29) is 65.8 Å². The smallest absolute Gasteiger partial charge is 0.678 e. The second-order valence-electron chi connectivity index (χ2n) is 14.3. The quantitative estimate of drug-likeness (QED) is 0.223. The van der Waals surface area contributed by atoms with Gasteiger partial charge in [0, 0.05) is 6.42 Å². The third kappa shape index (κ3) is 6.90. The molecule has 10 nitrogen and oxygen atoms in total. The first-order chi connectivity index (χ1) is 23.8. The summed E-state index contributed by atoms with van der Waals surface area (Å²) in [5.74, 6) is -2.18. The maximum atomic E-state index is 13.5. The van der Waals surface area contributed by atoms with Crippen LogP contribution in [0.1, 0.15) is 107 Å². The zero-order valence-electron chi connectivity index (χ0n) is 31.2. The van der Waals surface area contributed by atoms with Gasteiger partial charge in [-0.2, -0.15) is 11.4 Å². The van der Waals surface area contributed by atoms with E-state index in [1.807, 2.05) is 45.9 Å². The number of aliphatic hydroxyl groups is 2. The van der Waals surface area contributed by atoms with Crippen LogP contribution in [0.5, 0.6) is 0 Å². The van der Waals surface area contributed by atoms with Crippen molar-refractivity contribution in [1.29, 1.82) is 0 Å². The van der Waals surface area contributed by atoms with Gasteiger partial charge in [-0.1, -0.05) is 66.3 Å². The van der Waals surface area contributed by atoms with E-state index >= 15 is 0 Å². The van der Waals surface area contributed by atoms with Crippen molar-refractivity contribution in [3.8, 4) is 0 Å². The molecular formula is C40H48MgN4O6-2. The molecule has 2 N–H and O–H groups in total. The summed E-state index contributed by atoms with van der Waals surface area (Å²) in [4.78, 5) is 36.4. The Kier molecular flexibility index (Phi) is 11.6. The fourth-order valence-corrected chi connectivity index (χ4v) is 8.12. The Morgan fingerprint density at radius 3 is 2.43 bits per heavy atom. The summed E-state index contributed by atoms with van der Waals surface area (Å²) in [7, 11) is 1.31. The number of rotatable bonds is 8. The Labute approximate surface area is 316 Å². The molecule has 11 heteroatoms. The molecule has 5 heterocycles. The molecule has 1 aliphatic carbocycles. The standard InChI is InChI=1S/C40H48N4O6.Mg/c1-10-24-19(4)26-15-27-20(5)25(11-12-32(46)50-14-13-18(2)3)37(43-27)35-36(40(48)49-9)39(47)34-22(7)29(44-38(34)35)17-31-33(23(8)45)21(6)28(42-31)16-30(24)41-26;/h13,15-17,20,23-25,30,36,39,45,47H,10-12,14H2,1-9H3;/q-4;+2/b27-15-,28-16-,31-17-,37-35-;/t20-,23+,24+,25-,30?,36+,39-;/m0./s1. The van der Waals surface area contributed by atoms with Gasteiger partial charge in [0.15, 0.2) is 0 Å². The Bertz CT molecular complexity index is 1970. The Morgan fingerprint density at radius 1 is 1.06 bits per heavy atom. The minimum Gasteiger partial charge on any atom is -0.678 e. The van der Waals surface area contributed by atoms with E-state index in [4.69, 9.17) is 30.1 Å². The van der Waals surface area contributed by atoms with Gasteiger partial charge in [-0.3, -0.25) is 9.59 Å². The number of hydrogen-bond acceptors (Lipinski definition) is 6. The molecule has 268 valence electrons. The van der Waals surface area contributed by atoms with Crippen LogP contribution in [-0.2, 0) is 19.1 Å². The average molecular weight is 705 g/mol. The Hall–Kier alpha value is -3.51. The van der Waals surface area contributed by atoms with E-state index in [9.17, 15) is 19.8 Å². The Balaban J connectivity index is 0.00000504. The molecule has 0 spiro atoms. The van der Waals surface area contributed by atoms with Crippen molar-refractivity contribution in [1.82, 2.24) is 9.97 Å². The fraction of sp³-hybridized carbons (Fsp3) is 0.500. The summed E-state index contributed by atoms with van der Waals surface area (Å²) in [6.07, 6.45) is 7.33. The van der Waals surface area contributed by atoms with Gasteiger partial charge in [0.1, 0.15) is 12.5 Å². The largest absolute Gasteiger partial charge is 2.00 e. The van der Waals surface area contributed by atoms with E-state index in [2.05, 4.69) is 26.8 Å². The number of hydrogen-bond donors (Lipinski definition) is 2. The maximum absolute atomic E-state index is 13.5. The molecule has 51 heavy (non-hydrogen) atoms. The topological polar surface area (TPSA) is 149 Å². The van der Waals surface area contributed by atoms with Crippen molar-refractivity contribution in [3.05, 3.63) is 95.4 Å².